The number of likely N-dealkylation sites (tertiary alicyclic amines) is 1. The Morgan fingerprint density at radius 1 is 1.15 bits per heavy atom. The molecule has 0 radical (unpaired) electrons. The average molecular weight is 574 g/mol. The van der Waals surface area contributed by atoms with Crippen molar-refractivity contribution in [2.75, 3.05) is 13.6 Å². The van der Waals surface area contributed by atoms with E-state index in [2.05, 4.69) is 28.8 Å². The SMILES string of the molecule is C[C@@H]1CC(N)CN1C(=O)C(NC(=O)[C@H](C)N(C)C(=O)OC(C)(C)C)C(C)(C)C.O=CNC1CCCc2ccccc21. The van der Waals surface area contributed by atoms with Gasteiger partial charge in [-0.2, -0.15) is 0 Å². The first kappa shape index (κ1) is 34.1. The molecule has 4 N–H and O–H groups in total. The molecule has 0 bridgehead atoms. The van der Waals surface area contributed by atoms with Crippen LogP contribution in [0, 0.1) is 5.41 Å². The van der Waals surface area contributed by atoms with Crippen LogP contribution in [0.1, 0.15) is 91.8 Å². The monoisotopic (exact) mass is 573 g/mol. The molecule has 3 rings (SSSR count). The second-order valence-electron chi connectivity index (χ2n) is 13.3. The lowest BCUT2D eigenvalue weighted by Gasteiger charge is -2.36. The molecule has 10 heteroatoms. The van der Waals surface area contributed by atoms with Gasteiger partial charge < -0.3 is 26.0 Å². The van der Waals surface area contributed by atoms with E-state index in [1.165, 1.54) is 29.5 Å². The Hall–Kier alpha value is -3.14. The van der Waals surface area contributed by atoms with Crippen LogP contribution in [0.25, 0.3) is 0 Å². The van der Waals surface area contributed by atoms with Gasteiger partial charge >= 0.3 is 6.09 Å². The van der Waals surface area contributed by atoms with Gasteiger partial charge in [0.2, 0.25) is 18.2 Å². The third kappa shape index (κ3) is 9.73. The van der Waals surface area contributed by atoms with Gasteiger partial charge in [0.25, 0.3) is 0 Å². The number of nitrogens with zero attached hydrogens (tertiary/aromatic N) is 2. The Balaban J connectivity index is 0.000000372. The molecule has 4 amide bonds. The Morgan fingerprint density at radius 2 is 1.78 bits per heavy atom. The summed E-state index contributed by atoms with van der Waals surface area (Å²) in [5, 5.41) is 5.71. The Morgan fingerprint density at radius 3 is 2.32 bits per heavy atom. The normalized spacial score (nSPS) is 21.8. The van der Waals surface area contributed by atoms with E-state index in [1.54, 1.807) is 32.6 Å². The van der Waals surface area contributed by atoms with Crippen molar-refractivity contribution >= 4 is 24.3 Å². The van der Waals surface area contributed by atoms with E-state index < -0.39 is 35.1 Å². The van der Waals surface area contributed by atoms with Crippen LogP contribution in [-0.2, 0) is 25.5 Å². The van der Waals surface area contributed by atoms with Gasteiger partial charge in [0.05, 0.1) is 6.04 Å². The molecule has 1 aromatic carbocycles. The van der Waals surface area contributed by atoms with Gasteiger partial charge in [0.1, 0.15) is 17.7 Å². The van der Waals surface area contributed by atoms with Crippen molar-refractivity contribution in [3.8, 4) is 0 Å². The molecule has 230 valence electrons. The van der Waals surface area contributed by atoms with Gasteiger partial charge in [0.15, 0.2) is 0 Å². The molecule has 0 spiro atoms. The number of benzene rings is 1. The molecule has 0 aromatic heterocycles. The molecular weight excluding hydrogens is 522 g/mol. The molecule has 1 aliphatic heterocycles. The van der Waals surface area contributed by atoms with Crippen molar-refractivity contribution in [2.24, 2.45) is 11.1 Å². The molecule has 1 heterocycles. The zero-order chi connectivity index (χ0) is 31.1. The molecule has 41 heavy (non-hydrogen) atoms. The fourth-order valence-corrected chi connectivity index (χ4v) is 5.13. The third-order valence-corrected chi connectivity index (χ3v) is 7.57. The Labute approximate surface area is 245 Å². The van der Waals surface area contributed by atoms with Crippen molar-refractivity contribution in [2.45, 2.75) is 117 Å². The van der Waals surface area contributed by atoms with E-state index in [0.29, 0.717) is 6.54 Å². The summed E-state index contributed by atoms with van der Waals surface area (Å²) in [6.07, 6.45) is 4.33. The van der Waals surface area contributed by atoms with Crippen LogP contribution < -0.4 is 16.4 Å². The maximum atomic E-state index is 13.1. The highest BCUT2D eigenvalue weighted by Crippen LogP contribution is 2.29. The van der Waals surface area contributed by atoms with Gasteiger partial charge in [-0.1, -0.05) is 45.0 Å². The lowest BCUT2D eigenvalue weighted by Crippen LogP contribution is -2.59. The number of carbonyl (C=O) groups is 4. The van der Waals surface area contributed by atoms with Crippen molar-refractivity contribution in [3.63, 3.8) is 0 Å². The van der Waals surface area contributed by atoms with Crippen LogP contribution in [-0.4, -0.2) is 77.5 Å². The smallest absolute Gasteiger partial charge is 0.410 e. The summed E-state index contributed by atoms with van der Waals surface area (Å²) in [7, 11) is 1.51. The summed E-state index contributed by atoms with van der Waals surface area (Å²) < 4.78 is 5.32. The second kappa shape index (κ2) is 14.2. The maximum absolute atomic E-state index is 13.1. The minimum Gasteiger partial charge on any atom is -0.444 e. The minimum atomic E-state index is -0.786. The lowest BCUT2D eigenvalue weighted by molar-refractivity contribution is -0.141. The van der Waals surface area contributed by atoms with Crippen molar-refractivity contribution in [1.29, 1.82) is 0 Å². The van der Waals surface area contributed by atoms with E-state index in [0.717, 1.165) is 25.7 Å². The molecule has 1 saturated heterocycles. The van der Waals surface area contributed by atoms with Gasteiger partial charge in [-0.15, -0.1) is 0 Å². The Bertz CT molecular complexity index is 1060. The van der Waals surface area contributed by atoms with Gasteiger partial charge in [-0.05, 0) is 76.8 Å². The summed E-state index contributed by atoms with van der Waals surface area (Å²) in [5.41, 5.74) is 7.52. The first-order valence-corrected chi connectivity index (χ1v) is 14.6. The van der Waals surface area contributed by atoms with Crippen molar-refractivity contribution in [3.05, 3.63) is 35.4 Å². The first-order chi connectivity index (χ1) is 19.0. The summed E-state index contributed by atoms with van der Waals surface area (Å²) in [4.78, 5) is 51.6. The highest BCUT2D eigenvalue weighted by Gasteiger charge is 2.41. The van der Waals surface area contributed by atoms with E-state index >= 15 is 0 Å². The number of fused-ring (bicyclic) bond motifs is 1. The summed E-state index contributed by atoms with van der Waals surface area (Å²) in [5.74, 6) is -0.550. The zero-order valence-corrected chi connectivity index (χ0v) is 26.3. The van der Waals surface area contributed by atoms with Crippen LogP contribution >= 0.6 is 0 Å². The number of amides is 4. The van der Waals surface area contributed by atoms with E-state index in [-0.39, 0.29) is 24.0 Å². The summed E-state index contributed by atoms with van der Waals surface area (Å²) in [6, 6.07) is 7.06. The number of carbonyl (C=O) groups excluding carboxylic acids is 4. The van der Waals surface area contributed by atoms with Crippen LogP contribution in [0.3, 0.4) is 0 Å². The lowest BCUT2D eigenvalue weighted by atomic mass is 9.85. The quantitative estimate of drug-likeness (QED) is 0.446. The number of hydrogen-bond acceptors (Lipinski definition) is 6. The van der Waals surface area contributed by atoms with Crippen molar-refractivity contribution in [1.82, 2.24) is 20.4 Å². The standard InChI is InChI=1S/C20H38N4O4.C11H13NO/c1-12-10-14(21)11-24(12)17(26)15(19(3,4)5)22-16(25)13(2)23(9)18(27)28-20(6,7)8;13-8-12-11-7-3-5-9-4-1-2-6-10(9)11/h12-15H,10-11,21H2,1-9H3,(H,22,25);1-2,4,6,8,11H,3,5,7H2,(H,12,13)/t12-,13+,14?,15?;/m1./s1. The van der Waals surface area contributed by atoms with E-state index in [4.69, 9.17) is 10.5 Å². The highest BCUT2D eigenvalue weighted by molar-refractivity contribution is 5.91. The predicted molar refractivity (Wildman–Crippen MR) is 160 cm³/mol. The topological polar surface area (TPSA) is 134 Å². The summed E-state index contributed by atoms with van der Waals surface area (Å²) >= 11 is 0. The average Bonchev–Trinajstić information content (AvgIpc) is 3.22. The number of aryl methyl sites for hydroxylation is 1. The third-order valence-electron chi connectivity index (χ3n) is 7.57. The van der Waals surface area contributed by atoms with Crippen LogP contribution in [0.4, 0.5) is 4.79 Å². The van der Waals surface area contributed by atoms with Gasteiger partial charge in [0, 0.05) is 25.7 Å². The van der Waals surface area contributed by atoms with Crippen LogP contribution in [0.5, 0.6) is 0 Å². The molecule has 1 aromatic rings. The molecule has 2 aliphatic rings. The molecule has 1 fully saturated rings. The number of ether oxygens (including phenoxy) is 1. The number of rotatable bonds is 6. The maximum Gasteiger partial charge on any atom is 0.410 e. The molecule has 1 aliphatic carbocycles. The zero-order valence-electron chi connectivity index (χ0n) is 26.3. The minimum absolute atomic E-state index is 0.0334. The largest absolute Gasteiger partial charge is 0.444 e. The predicted octanol–water partition coefficient (Wildman–Crippen LogP) is 3.53. The molecule has 0 saturated carbocycles. The fourth-order valence-electron chi connectivity index (χ4n) is 5.13. The van der Waals surface area contributed by atoms with Crippen LogP contribution in [0.15, 0.2) is 24.3 Å². The molecule has 10 nitrogen and oxygen atoms in total. The van der Waals surface area contributed by atoms with Gasteiger partial charge in [-0.3, -0.25) is 19.3 Å². The van der Waals surface area contributed by atoms with Crippen LogP contribution in [0.2, 0.25) is 0 Å². The van der Waals surface area contributed by atoms with E-state index in [1.807, 2.05) is 33.8 Å². The molecule has 3 unspecified atom stereocenters. The Kier molecular flexibility index (Phi) is 11.8. The number of likely N-dealkylation sites (N-methyl/N-ethyl adjacent to an activating group) is 1. The molecule has 5 atom stereocenters. The van der Waals surface area contributed by atoms with Crippen molar-refractivity contribution < 1.29 is 23.9 Å². The number of nitrogens with two attached hydrogens (primary N) is 1. The number of nitrogens with one attached hydrogen (secondary N) is 2. The molecular formula is C31H51N5O5. The fraction of sp³-hybridized carbons (Fsp3) is 0.677. The first-order valence-electron chi connectivity index (χ1n) is 14.6. The second-order valence-corrected chi connectivity index (χ2v) is 13.3. The van der Waals surface area contributed by atoms with Gasteiger partial charge in [-0.25, -0.2) is 4.79 Å². The number of hydrogen-bond donors (Lipinski definition) is 3. The highest BCUT2D eigenvalue weighted by atomic mass is 16.6. The van der Waals surface area contributed by atoms with E-state index in [9.17, 15) is 19.2 Å². The summed E-state index contributed by atoms with van der Waals surface area (Å²) in [6.45, 7) is 15.0.